The number of benzene rings is 4. The number of anilines is 2. The summed E-state index contributed by atoms with van der Waals surface area (Å²) in [6.07, 6.45) is 10.1. The van der Waals surface area contributed by atoms with Crippen LogP contribution in [0.3, 0.4) is 0 Å². The number of ether oxygens (including phenoxy) is 2. The van der Waals surface area contributed by atoms with Crippen LogP contribution in [0, 0.1) is 0 Å². The number of nitrogens with one attached hydrogen (secondary N) is 10. The number of amides is 8. The molecule has 8 amide bonds. The summed E-state index contributed by atoms with van der Waals surface area (Å²) >= 11 is 12.8. The number of carbonyl (C=O) groups is 6. The summed E-state index contributed by atoms with van der Waals surface area (Å²) in [7, 11) is -2.80. The monoisotopic (exact) mass is 1310 g/mol. The van der Waals surface area contributed by atoms with E-state index in [0.29, 0.717) is 24.2 Å². The van der Waals surface area contributed by atoms with Crippen molar-refractivity contribution < 1.29 is 55.1 Å². The number of sulfonamides is 2. The lowest BCUT2D eigenvalue weighted by Gasteiger charge is -2.22. The third-order valence-electron chi connectivity index (χ3n) is 13.9. The highest BCUT2D eigenvalue weighted by Crippen LogP contribution is 2.34. The maximum atomic E-state index is 13.3. The SMILES string of the molecule is COc1c(NCCNC(=O)C(N)CSSCC(N)C(=O)NCCNc2cc(Cl)cc(C(=O)NCCc3ccc(S(=O)(=O)NC(=O)NC4CCCCC4)cc3)c2OC)cc(Cl)cc1C(=O)NCCc1ccc(S(=O)(=O)NC(=O)NC2CCCCC2)cc1. The van der Waals surface area contributed by atoms with Gasteiger partial charge in [-0.1, -0.05) is 108 Å². The van der Waals surface area contributed by atoms with E-state index in [1.807, 2.05) is 0 Å². The van der Waals surface area contributed by atoms with E-state index in [0.717, 1.165) is 75.3 Å². The Hall–Kier alpha value is -6.40. The molecule has 0 aromatic heterocycles. The first-order valence-corrected chi connectivity index (χ1v) is 34.3. The van der Waals surface area contributed by atoms with Gasteiger partial charge in [0.2, 0.25) is 11.8 Å². The Morgan fingerprint density at radius 2 is 0.884 bits per heavy atom. The minimum atomic E-state index is -4.09. The molecule has 0 saturated heterocycles. The van der Waals surface area contributed by atoms with Crippen molar-refractivity contribution in [2.24, 2.45) is 11.5 Å². The maximum Gasteiger partial charge on any atom is 0.328 e. The third kappa shape index (κ3) is 21.8. The van der Waals surface area contributed by atoms with Crippen LogP contribution >= 0.6 is 44.8 Å². The molecule has 4 aromatic carbocycles. The van der Waals surface area contributed by atoms with E-state index in [4.69, 9.17) is 44.1 Å². The topological polar surface area (TPSA) is 361 Å². The molecule has 2 atom stereocenters. The average Bonchev–Trinajstić information content (AvgIpc) is 1.96. The van der Waals surface area contributed by atoms with Crippen LogP contribution in [0.25, 0.3) is 0 Å². The van der Waals surface area contributed by atoms with Gasteiger partial charge in [0, 0.05) is 72.9 Å². The Balaban J connectivity index is 0.837. The number of halogens is 2. The predicted octanol–water partition coefficient (Wildman–Crippen LogP) is 5.39. The fourth-order valence-electron chi connectivity index (χ4n) is 9.44. The normalized spacial score (nSPS) is 14.5. The van der Waals surface area contributed by atoms with Gasteiger partial charge in [0.1, 0.15) is 0 Å². The van der Waals surface area contributed by atoms with Gasteiger partial charge in [-0.15, -0.1) is 0 Å². The number of methoxy groups -OCH3 is 2. The Morgan fingerprint density at radius 3 is 1.23 bits per heavy atom. The summed E-state index contributed by atoms with van der Waals surface area (Å²) in [6.45, 7) is 1.15. The molecule has 24 nitrogen and oxygen atoms in total. The first-order chi connectivity index (χ1) is 41.2. The van der Waals surface area contributed by atoms with Crippen molar-refractivity contribution in [2.75, 3.05) is 75.6 Å². The summed E-state index contributed by atoms with van der Waals surface area (Å²) in [5, 5.41) is 23.4. The first kappa shape index (κ1) is 68.7. The predicted molar refractivity (Wildman–Crippen MR) is 336 cm³/mol. The van der Waals surface area contributed by atoms with Crippen molar-refractivity contribution >= 4 is 112 Å². The number of rotatable bonds is 31. The van der Waals surface area contributed by atoms with Crippen molar-refractivity contribution in [3.63, 3.8) is 0 Å². The lowest BCUT2D eigenvalue weighted by atomic mass is 9.96. The lowest BCUT2D eigenvalue weighted by molar-refractivity contribution is -0.122. The molecule has 6 rings (SSSR count). The molecule has 2 aliphatic carbocycles. The third-order valence-corrected chi connectivity index (χ3v) is 19.5. The minimum absolute atomic E-state index is 0.0510. The molecule has 2 unspecified atom stereocenters. The fourth-order valence-corrected chi connectivity index (χ4v) is 13.9. The highest BCUT2D eigenvalue weighted by molar-refractivity contribution is 8.76. The molecule has 0 bridgehead atoms. The lowest BCUT2D eigenvalue weighted by Crippen LogP contribution is -2.45. The van der Waals surface area contributed by atoms with E-state index in [-0.39, 0.29) is 105 Å². The fraction of sp³-hybridized carbons (Fsp3) is 0.464. The largest absolute Gasteiger partial charge is 0.494 e. The molecule has 470 valence electrons. The maximum absolute atomic E-state index is 13.3. The van der Waals surface area contributed by atoms with Crippen molar-refractivity contribution in [2.45, 2.75) is 111 Å². The van der Waals surface area contributed by atoms with Gasteiger partial charge >= 0.3 is 12.1 Å². The second kappa shape index (κ2) is 34.2. The van der Waals surface area contributed by atoms with E-state index >= 15 is 0 Å². The molecule has 2 fully saturated rings. The summed E-state index contributed by atoms with van der Waals surface area (Å²) in [4.78, 5) is 77.0. The van der Waals surface area contributed by atoms with Crippen LogP contribution < -0.4 is 72.9 Å². The molecule has 0 aliphatic heterocycles. The highest BCUT2D eigenvalue weighted by atomic mass is 35.5. The van der Waals surface area contributed by atoms with Gasteiger partial charge in [-0.05, 0) is 98.2 Å². The minimum Gasteiger partial charge on any atom is -0.494 e. The summed E-state index contributed by atoms with van der Waals surface area (Å²) < 4.78 is 66.6. The van der Waals surface area contributed by atoms with Crippen LogP contribution in [-0.4, -0.2) is 142 Å². The van der Waals surface area contributed by atoms with Crippen molar-refractivity contribution in [1.82, 2.24) is 41.3 Å². The summed E-state index contributed by atoms with van der Waals surface area (Å²) in [5.41, 5.74) is 14.9. The molecule has 0 radical (unpaired) electrons. The molecule has 0 spiro atoms. The molecule has 86 heavy (non-hydrogen) atoms. The van der Waals surface area contributed by atoms with Crippen LogP contribution in [0.5, 0.6) is 11.5 Å². The molecular formula is C56H76Cl2N12O12S4. The van der Waals surface area contributed by atoms with Crippen molar-refractivity contribution in [1.29, 1.82) is 0 Å². The van der Waals surface area contributed by atoms with Gasteiger partial charge in [-0.2, -0.15) is 0 Å². The zero-order valence-corrected chi connectivity index (χ0v) is 52.6. The molecule has 4 aromatic rings. The molecule has 14 N–H and O–H groups in total. The number of hydrogen-bond acceptors (Lipinski definition) is 18. The van der Waals surface area contributed by atoms with E-state index in [9.17, 15) is 45.6 Å². The van der Waals surface area contributed by atoms with Gasteiger partial charge in [0.25, 0.3) is 31.9 Å². The molecule has 0 heterocycles. The zero-order chi connectivity index (χ0) is 62.2. The Labute approximate surface area is 519 Å². The second-order valence-corrected chi connectivity index (χ2v) is 27.2. The number of hydrogen-bond donors (Lipinski definition) is 12. The standard InChI is InChI=1S/C56H76Cl2N12O12S4/c1-81-49-43(51(71)63-23-21-35-13-17-41(18-14-35)85(77,78)69-55(75)67-39-9-5-3-6-10-39)29-37(57)31-47(49)61-25-27-65-53(73)45(59)33-83-84-34-46(60)54(74)66-28-26-62-48-32-38(58)30-44(50(48)82-2)52(72)64-24-22-36-15-19-42(20-16-36)86(79,80)70-56(76)68-40-11-7-4-8-12-40/h13-20,29-32,39-40,45-46,61-62H,3-12,21-28,33-34,59-60H2,1-2H3,(H,63,71)(H,64,72)(H,65,73)(H,66,74)(H2,67,69,75)(H2,68,70,76). The van der Waals surface area contributed by atoms with E-state index in [1.54, 1.807) is 36.4 Å². The van der Waals surface area contributed by atoms with E-state index in [2.05, 4.69) is 52.0 Å². The Bertz CT molecular complexity index is 2980. The Morgan fingerprint density at radius 1 is 0.523 bits per heavy atom. The molecule has 30 heteroatoms. The van der Waals surface area contributed by atoms with Crippen LogP contribution in [0.4, 0.5) is 21.0 Å². The van der Waals surface area contributed by atoms with Crippen LogP contribution in [0.15, 0.2) is 82.6 Å². The molecule has 2 saturated carbocycles. The summed E-state index contributed by atoms with van der Waals surface area (Å²) in [6, 6.07) is 14.7. The van der Waals surface area contributed by atoms with Gasteiger partial charge in [0.15, 0.2) is 11.5 Å². The second-order valence-electron chi connectivity index (χ2n) is 20.4. The average molecular weight is 1310 g/mol. The van der Waals surface area contributed by atoms with E-state index < -0.39 is 67.8 Å². The van der Waals surface area contributed by atoms with Gasteiger partial charge in [-0.25, -0.2) is 35.9 Å². The van der Waals surface area contributed by atoms with Gasteiger partial charge < -0.3 is 63.5 Å². The number of carbonyl (C=O) groups excluding carboxylic acids is 6. The Kier molecular flexibility index (Phi) is 27.3. The highest BCUT2D eigenvalue weighted by Gasteiger charge is 2.25. The quantitative estimate of drug-likeness (QED) is 0.0222. The smallest absolute Gasteiger partial charge is 0.328 e. The number of urea groups is 2. The molecule has 2 aliphatic rings. The number of nitrogens with two attached hydrogens (primary N) is 2. The van der Waals surface area contributed by atoms with Crippen LogP contribution in [0.2, 0.25) is 10.0 Å². The van der Waals surface area contributed by atoms with Gasteiger partial charge in [-0.3, -0.25) is 19.2 Å². The molecular weight excluding hydrogens is 1230 g/mol. The van der Waals surface area contributed by atoms with Crippen molar-refractivity contribution in [3.05, 3.63) is 105 Å². The zero-order valence-electron chi connectivity index (χ0n) is 47.8. The van der Waals surface area contributed by atoms with E-state index in [1.165, 1.54) is 72.2 Å². The summed E-state index contributed by atoms with van der Waals surface area (Å²) in [5.74, 6) is -0.877. The first-order valence-electron chi connectivity index (χ1n) is 28.1. The van der Waals surface area contributed by atoms with Crippen LogP contribution in [0.1, 0.15) is 96.1 Å². The van der Waals surface area contributed by atoms with Crippen LogP contribution in [-0.2, 0) is 42.5 Å². The van der Waals surface area contributed by atoms with Crippen molar-refractivity contribution in [3.8, 4) is 11.5 Å². The van der Waals surface area contributed by atoms with Gasteiger partial charge in [0.05, 0.1) is 58.6 Å².